The molecule has 3 nitrogen and oxygen atoms in total. The van der Waals surface area contributed by atoms with Crippen molar-refractivity contribution in [3.05, 3.63) is 21.4 Å². The Hall–Kier alpha value is -0.870. The number of hydrogen-bond donors (Lipinski definition) is 2. The van der Waals surface area contributed by atoms with Crippen LogP contribution in [0.25, 0.3) is 0 Å². The molecule has 1 unspecified atom stereocenters. The molecule has 1 aromatic rings. The van der Waals surface area contributed by atoms with Gasteiger partial charge < -0.3 is 10.4 Å². The van der Waals surface area contributed by atoms with E-state index in [0.717, 1.165) is 0 Å². The molecule has 0 aromatic carbocycles. The van der Waals surface area contributed by atoms with Crippen molar-refractivity contribution in [1.29, 1.82) is 0 Å². The van der Waals surface area contributed by atoms with Crippen LogP contribution >= 0.6 is 11.3 Å². The summed E-state index contributed by atoms with van der Waals surface area (Å²) in [5.41, 5.74) is 1.45. The zero-order valence-electron chi connectivity index (χ0n) is 9.45. The number of rotatable bonds is 4. The van der Waals surface area contributed by atoms with Crippen molar-refractivity contribution in [2.24, 2.45) is 0 Å². The van der Waals surface area contributed by atoms with Gasteiger partial charge in [-0.3, -0.25) is 4.79 Å². The van der Waals surface area contributed by atoms with E-state index < -0.39 is 12.0 Å². The summed E-state index contributed by atoms with van der Waals surface area (Å²) < 4.78 is 0. The largest absolute Gasteiger partial charge is 0.480 e. The molecular formula is C12H17NO2S. The maximum absolute atomic E-state index is 10.9. The van der Waals surface area contributed by atoms with Gasteiger partial charge in [0, 0.05) is 16.2 Å². The van der Waals surface area contributed by atoms with Crippen LogP contribution < -0.4 is 5.32 Å². The van der Waals surface area contributed by atoms with Crippen LogP contribution in [0.1, 0.15) is 28.2 Å². The Morgan fingerprint density at radius 2 is 2.31 bits per heavy atom. The molecule has 1 heterocycles. The van der Waals surface area contributed by atoms with E-state index in [0.29, 0.717) is 6.42 Å². The molecule has 0 radical (unpaired) electrons. The van der Waals surface area contributed by atoms with Gasteiger partial charge in [0.2, 0.25) is 0 Å². The second kappa shape index (κ2) is 4.97. The molecule has 0 spiro atoms. The van der Waals surface area contributed by atoms with Gasteiger partial charge in [-0.1, -0.05) is 0 Å². The molecule has 2 rings (SSSR count). The highest BCUT2D eigenvalue weighted by Gasteiger charge is 2.19. The molecule has 1 aromatic heterocycles. The number of thiophene rings is 1. The quantitative estimate of drug-likeness (QED) is 0.843. The molecule has 88 valence electrons. The van der Waals surface area contributed by atoms with E-state index in [2.05, 4.69) is 11.4 Å². The summed E-state index contributed by atoms with van der Waals surface area (Å²) >= 11 is 1.79. The smallest absolute Gasteiger partial charge is 0.321 e. The van der Waals surface area contributed by atoms with E-state index in [4.69, 9.17) is 5.11 Å². The molecule has 0 aliphatic heterocycles. The Kier molecular flexibility index (Phi) is 3.61. The summed E-state index contributed by atoms with van der Waals surface area (Å²) in [6, 6.07) is 1.74. The van der Waals surface area contributed by atoms with E-state index in [-0.39, 0.29) is 0 Å². The summed E-state index contributed by atoms with van der Waals surface area (Å²) in [5, 5.41) is 11.8. The fraction of sp³-hybridized carbons (Fsp3) is 0.583. The van der Waals surface area contributed by atoms with Crippen LogP contribution in [-0.4, -0.2) is 24.2 Å². The summed E-state index contributed by atoms with van der Waals surface area (Å²) in [4.78, 5) is 13.6. The van der Waals surface area contributed by atoms with Gasteiger partial charge in [0.15, 0.2) is 0 Å². The van der Waals surface area contributed by atoms with Crippen LogP contribution in [0.2, 0.25) is 0 Å². The van der Waals surface area contributed by atoms with Gasteiger partial charge in [-0.25, -0.2) is 0 Å². The van der Waals surface area contributed by atoms with Crippen molar-refractivity contribution < 1.29 is 9.90 Å². The maximum Gasteiger partial charge on any atom is 0.321 e. The topological polar surface area (TPSA) is 49.3 Å². The molecule has 1 atom stereocenters. The zero-order chi connectivity index (χ0) is 11.5. The third-order valence-electron chi connectivity index (χ3n) is 3.10. The number of fused-ring (bicyclic) bond motifs is 1. The molecular weight excluding hydrogens is 222 g/mol. The van der Waals surface area contributed by atoms with Crippen LogP contribution in [0, 0.1) is 0 Å². The van der Waals surface area contributed by atoms with Crippen molar-refractivity contribution in [2.75, 3.05) is 7.05 Å². The van der Waals surface area contributed by atoms with Crippen molar-refractivity contribution >= 4 is 17.3 Å². The lowest BCUT2D eigenvalue weighted by Gasteiger charge is -2.08. The molecule has 4 heteroatoms. The highest BCUT2D eigenvalue weighted by molar-refractivity contribution is 7.12. The van der Waals surface area contributed by atoms with Gasteiger partial charge in [0.1, 0.15) is 6.04 Å². The highest BCUT2D eigenvalue weighted by atomic mass is 32.1. The summed E-state index contributed by atoms with van der Waals surface area (Å²) in [6.07, 6.45) is 5.50. The van der Waals surface area contributed by atoms with E-state index in [1.807, 2.05) is 0 Å². The number of carboxylic acid groups (broad SMARTS) is 1. The van der Waals surface area contributed by atoms with Gasteiger partial charge >= 0.3 is 5.97 Å². The molecule has 0 bridgehead atoms. The fourth-order valence-electron chi connectivity index (χ4n) is 2.17. The Balaban J connectivity index is 2.09. The molecule has 0 fully saturated rings. The molecule has 0 saturated heterocycles. The summed E-state index contributed by atoms with van der Waals surface area (Å²) in [6.45, 7) is 0. The Labute approximate surface area is 99.5 Å². The molecule has 16 heavy (non-hydrogen) atoms. The molecule has 1 aliphatic rings. The first-order valence-electron chi connectivity index (χ1n) is 5.71. The minimum Gasteiger partial charge on any atom is -0.480 e. The SMILES string of the molecule is CNC(Cc1cc2c(s1)CCCC2)C(=O)O. The fourth-order valence-corrected chi connectivity index (χ4v) is 3.47. The predicted octanol–water partition coefficient (Wildman–Crippen LogP) is 1.84. The molecule has 0 amide bonds. The van der Waals surface area contributed by atoms with Gasteiger partial charge in [-0.15, -0.1) is 11.3 Å². The number of aryl methyl sites for hydroxylation is 2. The van der Waals surface area contributed by atoms with E-state index in [9.17, 15) is 4.79 Å². The lowest BCUT2D eigenvalue weighted by molar-refractivity contribution is -0.139. The predicted molar refractivity (Wildman–Crippen MR) is 65.1 cm³/mol. The van der Waals surface area contributed by atoms with E-state index in [1.165, 1.54) is 41.0 Å². The molecule has 1 aliphatic carbocycles. The number of carbonyl (C=O) groups is 1. The first-order chi connectivity index (χ1) is 7.70. The van der Waals surface area contributed by atoms with Crippen LogP contribution in [0.4, 0.5) is 0 Å². The monoisotopic (exact) mass is 239 g/mol. The third kappa shape index (κ3) is 2.44. The molecule has 2 N–H and O–H groups in total. The van der Waals surface area contributed by atoms with Crippen LogP contribution in [0.3, 0.4) is 0 Å². The van der Waals surface area contributed by atoms with Gasteiger partial charge in [-0.2, -0.15) is 0 Å². The number of carboxylic acids is 1. The number of hydrogen-bond acceptors (Lipinski definition) is 3. The lowest BCUT2D eigenvalue weighted by Crippen LogP contribution is -2.35. The van der Waals surface area contributed by atoms with Crippen molar-refractivity contribution in [3.8, 4) is 0 Å². The van der Waals surface area contributed by atoms with E-state index >= 15 is 0 Å². The molecule has 0 saturated carbocycles. The van der Waals surface area contributed by atoms with Gasteiger partial charge in [0.25, 0.3) is 0 Å². The first-order valence-corrected chi connectivity index (χ1v) is 6.53. The lowest BCUT2D eigenvalue weighted by atomic mass is 9.99. The minimum absolute atomic E-state index is 0.458. The van der Waals surface area contributed by atoms with Crippen molar-refractivity contribution in [3.63, 3.8) is 0 Å². The number of likely N-dealkylation sites (N-methyl/N-ethyl adjacent to an activating group) is 1. The normalized spacial score (nSPS) is 16.8. The standard InChI is InChI=1S/C12H17NO2S/c1-13-10(12(14)15)7-9-6-8-4-2-3-5-11(8)16-9/h6,10,13H,2-5,7H2,1H3,(H,14,15). The van der Waals surface area contributed by atoms with Crippen LogP contribution in [0.15, 0.2) is 6.07 Å². The number of nitrogens with one attached hydrogen (secondary N) is 1. The third-order valence-corrected chi connectivity index (χ3v) is 4.36. The zero-order valence-corrected chi connectivity index (χ0v) is 10.3. The van der Waals surface area contributed by atoms with E-state index in [1.54, 1.807) is 18.4 Å². The Morgan fingerprint density at radius 3 is 2.94 bits per heavy atom. The Morgan fingerprint density at radius 1 is 1.56 bits per heavy atom. The average Bonchev–Trinajstić information content (AvgIpc) is 2.67. The Bertz CT molecular complexity index is 363. The average molecular weight is 239 g/mol. The number of aliphatic carboxylic acids is 1. The second-order valence-electron chi connectivity index (χ2n) is 4.25. The summed E-state index contributed by atoms with van der Waals surface area (Å²) in [7, 11) is 1.70. The van der Waals surface area contributed by atoms with Crippen LogP contribution in [-0.2, 0) is 24.1 Å². The summed E-state index contributed by atoms with van der Waals surface area (Å²) in [5.74, 6) is -0.770. The van der Waals surface area contributed by atoms with Gasteiger partial charge in [-0.05, 0) is 44.4 Å². The van der Waals surface area contributed by atoms with Crippen LogP contribution in [0.5, 0.6) is 0 Å². The van der Waals surface area contributed by atoms with Crippen molar-refractivity contribution in [2.45, 2.75) is 38.1 Å². The minimum atomic E-state index is -0.770. The van der Waals surface area contributed by atoms with Crippen molar-refractivity contribution in [1.82, 2.24) is 5.32 Å². The second-order valence-corrected chi connectivity index (χ2v) is 5.47. The highest BCUT2D eigenvalue weighted by Crippen LogP contribution is 2.30. The maximum atomic E-state index is 10.9. The van der Waals surface area contributed by atoms with Gasteiger partial charge in [0.05, 0.1) is 0 Å². The first kappa shape index (κ1) is 11.6.